The van der Waals surface area contributed by atoms with Crippen molar-refractivity contribution < 1.29 is 9.53 Å². The van der Waals surface area contributed by atoms with Crippen LogP contribution in [-0.4, -0.2) is 12.5 Å². The molecule has 0 aromatic heterocycles. The Kier molecular flexibility index (Phi) is 5.48. The summed E-state index contributed by atoms with van der Waals surface area (Å²) in [5.74, 6) is 0.0617. The van der Waals surface area contributed by atoms with Crippen LogP contribution in [0.1, 0.15) is 12.5 Å². The van der Waals surface area contributed by atoms with Crippen LogP contribution in [0.3, 0.4) is 0 Å². The van der Waals surface area contributed by atoms with Gasteiger partial charge in [-0.1, -0.05) is 54.4 Å². The van der Waals surface area contributed by atoms with Crippen molar-refractivity contribution in [3.05, 3.63) is 58.1 Å². The summed E-state index contributed by atoms with van der Waals surface area (Å²) in [5, 5.41) is 3.58. The Hall–Kier alpha value is -1.71. The molecule has 0 saturated carbocycles. The summed E-state index contributed by atoms with van der Waals surface area (Å²) in [6.07, 6.45) is 0.841. The molecule has 0 aliphatic carbocycles. The standard InChI is InChI=1S/C16H15Cl2NO2/c1-2-11-6-3-4-9-14(11)19-15(20)10-21-16-12(17)7-5-8-13(16)18/h3-9H,2,10H2,1H3,(H,19,20). The molecule has 0 fully saturated rings. The lowest BCUT2D eigenvalue weighted by atomic mass is 10.1. The van der Waals surface area contributed by atoms with E-state index in [1.54, 1.807) is 18.2 Å². The predicted molar refractivity (Wildman–Crippen MR) is 86.4 cm³/mol. The van der Waals surface area contributed by atoms with Gasteiger partial charge in [-0.05, 0) is 30.2 Å². The number of para-hydroxylation sites is 2. The van der Waals surface area contributed by atoms with E-state index >= 15 is 0 Å². The smallest absolute Gasteiger partial charge is 0.262 e. The molecule has 0 radical (unpaired) electrons. The molecule has 0 saturated heterocycles. The largest absolute Gasteiger partial charge is 0.481 e. The fraction of sp³-hybridized carbons (Fsp3) is 0.188. The van der Waals surface area contributed by atoms with Gasteiger partial charge in [0.25, 0.3) is 5.91 Å². The minimum absolute atomic E-state index is 0.151. The van der Waals surface area contributed by atoms with E-state index in [2.05, 4.69) is 5.32 Å². The maximum atomic E-state index is 12.0. The van der Waals surface area contributed by atoms with Crippen LogP contribution < -0.4 is 10.1 Å². The highest BCUT2D eigenvalue weighted by molar-refractivity contribution is 6.37. The molecule has 0 spiro atoms. The molecule has 2 aromatic carbocycles. The molecule has 0 heterocycles. The van der Waals surface area contributed by atoms with Crippen molar-refractivity contribution in [2.75, 3.05) is 11.9 Å². The first-order chi connectivity index (χ1) is 10.1. The lowest BCUT2D eigenvalue weighted by molar-refractivity contribution is -0.118. The first-order valence-electron chi connectivity index (χ1n) is 6.56. The van der Waals surface area contributed by atoms with Crippen LogP contribution in [0.5, 0.6) is 5.75 Å². The molecule has 0 atom stereocenters. The molecule has 1 N–H and O–H groups in total. The summed E-state index contributed by atoms with van der Waals surface area (Å²) in [6.45, 7) is 1.88. The first kappa shape index (κ1) is 15.7. The average Bonchev–Trinajstić information content (AvgIpc) is 2.47. The third-order valence-electron chi connectivity index (χ3n) is 2.94. The number of carbonyl (C=O) groups excluding carboxylic acids is 1. The number of aryl methyl sites for hydroxylation is 1. The summed E-state index contributed by atoms with van der Waals surface area (Å²) in [7, 11) is 0. The van der Waals surface area contributed by atoms with Gasteiger partial charge in [0.2, 0.25) is 0 Å². The Morgan fingerprint density at radius 1 is 1.10 bits per heavy atom. The van der Waals surface area contributed by atoms with E-state index in [0.717, 1.165) is 17.7 Å². The molecule has 0 unspecified atom stereocenters. The number of halogens is 2. The molecule has 2 rings (SSSR count). The second-order valence-electron chi connectivity index (χ2n) is 4.40. The van der Waals surface area contributed by atoms with Crippen molar-refractivity contribution in [1.29, 1.82) is 0 Å². The van der Waals surface area contributed by atoms with Gasteiger partial charge >= 0.3 is 0 Å². The number of anilines is 1. The lowest BCUT2D eigenvalue weighted by Gasteiger charge is -2.12. The Labute approximate surface area is 133 Å². The Morgan fingerprint density at radius 2 is 1.76 bits per heavy atom. The quantitative estimate of drug-likeness (QED) is 0.875. The number of amides is 1. The van der Waals surface area contributed by atoms with Gasteiger partial charge in [-0.15, -0.1) is 0 Å². The van der Waals surface area contributed by atoms with E-state index in [4.69, 9.17) is 27.9 Å². The predicted octanol–water partition coefficient (Wildman–Crippen LogP) is 4.57. The molecule has 1 amide bonds. The summed E-state index contributed by atoms with van der Waals surface area (Å²) < 4.78 is 5.40. The van der Waals surface area contributed by atoms with Gasteiger partial charge in [-0.25, -0.2) is 0 Å². The van der Waals surface area contributed by atoms with Gasteiger partial charge in [0.15, 0.2) is 12.4 Å². The number of ether oxygens (including phenoxy) is 1. The van der Waals surface area contributed by atoms with Crippen LogP contribution in [0.2, 0.25) is 10.0 Å². The summed E-state index contributed by atoms with van der Waals surface area (Å²) in [4.78, 5) is 12.0. The lowest BCUT2D eigenvalue weighted by Crippen LogP contribution is -2.21. The van der Waals surface area contributed by atoms with Crippen LogP contribution in [0.15, 0.2) is 42.5 Å². The SMILES string of the molecule is CCc1ccccc1NC(=O)COc1c(Cl)cccc1Cl. The Balaban J connectivity index is 1.99. The van der Waals surface area contributed by atoms with Gasteiger partial charge in [0.1, 0.15) is 0 Å². The van der Waals surface area contributed by atoms with Gasteiger partial charge in [0, 0.05) is 5.69 Å². The van der Waals surface area contributed by atoms with Crippen molar-refractivity contribution in [3.63, 3.8) is 0 Å². The number of hydrogen-bond acceptors (Lipinski definition) is 2. The Morgan fingerprint density at radius 3 is 2.43 bits per heavy atom. The maximum Gasteiger partial charge on any atom is 0.262 e. The average molecular weight is 324 g/mol. The summed E-state index contributed by atoms with van der Waals surface area (Å²) in [6, 6.07) is 12.7. The number of nitrogens with one attached hydrogen (secondary N) is 1. The second-order valence-corrected chi connectivity index (χ2v) is 5.21. The first-order valence-corrected chi connectivity index (χ1v) is 7.32. The minimum atomic E-state index is -0.258. The molecule has 2 aromatic rings. The molecule has 21 heavy (non-hydrogen) atoms. The monoisotopic (exact) mass is 323 g/mol. The van der Waals surface area contributed by atoms with Gasteiger partial charge in [-0.2, -0.15) is 0 Å². The third-order valence-corrected chi connectivity index (χ3v) is 3.53. The zero-order chi connectivity index (χ0) is 15.2. The molecule has 0 aliphatic heterocycles. The van der Waals surface area contributed by atoms with E-state index in [1.165, 1.54) is 0 Å². The number of benzene rings is 2. The van der Waals surface area contributed by atoms with E-state index in [-0.39, 0.29) is 12.5 Å². The molecule has 0 bridgehead atoms. The molecule has 0 aliphatic rings. The zero-order valence-corrected chi connectivity index (χ0v) is 13.0. The highest BCUT2D eigenvalue weighted by Crippen LogP contribution is 2.32. The molecule has 110 valence electrons. The van der Waals surface area contributed by atoms with Crippen molar-refractivity contribution in [2.24, 2.45) is 0 Å². The van der Waals surface area contributed by atoms with Gasteiger partial charge in [-0.3, -0.25) is 4.79 Å². The van der Waals surface area contributed by atoms with Crippen LogP contribution in [-0.2, 0) is 11.2 Å². The van der Waals surface area contributed by atoms with Gasteiger partial charge < -0.3 is 10.1 Å². The van der Waals surface area contributed by atoms with Gasteiger partial charge in [0.05, 0.1) is 10.0 Å². The van der Waals surface area contributed by atoms with Crippen molar-refractivity contribution in [1.82, 2.24) is 0 Å². The van der Waals surface area contributed by atoms with Crippen LogP contribution >= 0.6 is 23.2 Å². The fourth-order valence-corrected chi connectivity index (χ4v) is 2.40. The third kappa shape index (κ3) is 4.13. The van der Waals surface area contributed by atoms with Crippen LogP contribution in [0.4, 0.5) is 5.69 Å². The number of rotatable bonds is 5. The number of hydrogen-bond donors (Lipinski definition) is 1. The molecular formula is C16H15Cl2NO2. The summed E-state index contributed by atoms with van der Waals surface area (Å²) >= 11 is 12.0. The van der Waals surface area contributed by atoms with Crippen molar-refractivity contribution >= 4 is 34.8 Å². The summed E-state index contributed by atoms with van der Waals surface area (Å²) in [5.41, 5.74) is 1.86. The normalized spacial score (nSPS) is 10.2. The van der Waals surface area contributed by atoms with E-state index < -0.39 is 0 Å². The number of carbonyl (C=O) groups is 1. The Bertz CT molecular complexity index is 624. The molecular weight excluding hydrogens is 309 g/mol. The van der Waals surface area contributed by atoms with E-state index in [1.807, 2.05) is 31.2 Å². The fourth-order valence-electron chi connectivity index (χ4n) is 1.89. The zero-order valence-electron chi connectivity index (χ0n) is 11.5. The topological polar surface area (TPSA) is 38.3 Å². The van der Waals surface area contributed by atoms with E-state index in [0.29, 0.717) is 15.8 Å². The highest BCUT2D eigenvalue weighted by atomic mass is 35.5. The maximum absolute atomic E-state index is 12.0. The van der Waals surface area contributed by atoms with E-state index in [9.17, 15) is 4.79 Å². The highest BCUT2D eigenvalue weighted by Gasteiger charge is 2.10. The molecule has 3 nitrogen and oxygen atoms in total. The van der Waals surface area contributed by atoms with Crippen LogP contribution in [0.25, 0.3) is 0 Å². The van der Waals surface area contributed by atoms with Crippen molar-refractivity contribution in [2.45, 2.75) is 13.3 Å². The van der Waals surface area contributed by atoms with Crippen molar-refractivity contribution in [3.8, 4) is 5.75 Å². The minimum Gasteiger partial charge on any atom is -0.481 e. The second kappa shape index (κ2) is 7.34. The van der Waals surface area contributed by atoms with Crippen LogP contribution in [0, 0.1) is 0 Å². The molecule has 5 heteroatoms.